The molecule has 0 unspecified atom stereocenters. The van der Waals surface area contributed by atoms with E-state index in [4.69, 9.17) is 11.5 Å². The van der Waals surface area contributed by atoms with Crippen LogP contribution < -0.4 is 11.5 Å². The Bertz CT molecular complexity index is 336. The van der Waals surface area contributed by atoms with Crippen LogP contribution in [-0.2, 0) is 5.54 Å². The van der Waals surface area contributed by atoms with E-state index in [9.17, 15) is 8.78 Å². The van der Waals surface area contributed by atoms with Gasteiger partial charge in [0.1, 0.15) is 0 Å². The van der Waals surface area contributed by atoms with Crippen molar-refractivity contribution in [2.45, 2.75) is 18.4 Å². The van der Waals surface area contributed by atoms with Crippen molar-refractivity contribution >= 4 is 5.69 Å². The van der Waals surface area contributed by atoms with Crippen molar-refractivity contribution < 1.29 is 8.78 Å². The van der Waals surface area contributed by atoms with Crippen molar-refractivity contribution in [3.63, 3.8) is 0 Å². The smallest absolute Gasteiger partial charge is 0.181 e. The molecule has 0 heterocycles. The highest BCUT2D eigenvalue weighted by Gasteiger charge is 2.40. The van der Waals surface area contributed by atoms with Gasteiger partial charge in [-0.1, -0.05) is 0 Å². The van der Waals surface area contributed by atoms with Gasteiger partial charge in [-0.3, -0.25) is 0 Å². The lowest BCUT2D eigenvalue weighted by Crippen LogP contribution is -2.19. The van der Waals surface area contributed by atoms with E-state index in [1.807, 2.05) is 0 Å². The molecule has 0 aromatic heterocycles. The van der Waals surface area contributed by atoms with Gasteiger partial charge in [0.2, 0.25) is 0 Å². The van der Waals surface area contributed by atoms with E-state index in [2.05, 4.69) is 0 Å². The first-order chi connectivity index (χ1) is 6.03. The summed E-state index contributed by atoms with van der Waals surface area (Å²) in [4.78, 5) is 0. The highest BCUT2D eigenvalue weighted by molar-refractivity contribution is 5.46. The molecule has 0 radical (unpaired) electrons. The average molecular weight is 184 g/mol. The Labute approximate surface area is 74.5 Å². The zero-order valence-electron chi connectivity index (χ0n) is 6.98. The number of nitrogen functional groups attached to an aromatic ring is 1. The van der Waals surface area contributed by atoms with Crippen LogP contribution in [0.3, 0.4) is 0 Å². The second-order valence-electron chi connectivity index (χ2n) is 3.52. The average Bonchev–Trinajstić information content (AvgIpc) is 2.80. The molecule has 1 aromatic rings. The molecule has 0 saturated heterocycles. The Morgan fingerprint density at radius 3 is 2.31 bits per heavy atom. The van der Waals surface area contributed by atoms with E-state index in [1.54, 1.807) is 0 Å². The molecule has 1 saturated carbocycles. The lowest BCUT2D eigenvalue weighted by atomic mass is 10.0. The van der Waals surface area contributed by atoms with E-state index < -0.39 is 17.2 Å². The van der Waals surface area contributed by atoms with Gasteiger partial charge in [0.25, 0.3) is 0 Å². The number of hydrogen-bond donors (Lipinski definition) is 2. The number of benzene rings is 1. The van der Waals surface area contributed by atoms with Crippen LogP contribution >= 0.6 is 0 Å². The Hall–Kier alpha value is -1.16. The summed E-state index contributed by atoms with van der Waals surface area (Å²) in [7, 11) is 0. The molecule has 0 bridgehead atoms. The van der Waals surface area contributed by atoms with E-state index in [1.165, 1.54) is 6.07 Å². The summed E-state index contributed by atoms with van der Waals surface area (Å²) in [5.74, 6) is -1.92. The molecule has 1 aliphatic rings. The molecule has 1 fully saturated rings. The summed E-state index contributed by atoms with van der Waals surface area (Å²) in [5.41, 5.74) is 11.0. The van der Waals surface area contributed by atoms with Crippen molar-refractivity contribution in [1.82, 2.24) is 0 Å². The summed E-state index contributed by atoms with van der Waals surface area (Å²) in [5, 5.41) is 0. The van der Waals surface area contributed by atoms with Gasteiger partial charge in [0.05, 0.1) is 5.69 Å². The maximum absolute atomic E-state index is 12.9. The fourth-order valence-corrected chi connectivity index (χ4v) is 1.32. The Morgan fingerprint density at radius 2 is 1.85 bits per heavy atom. The normalized spacial score (nSPS) is 18.7. The molecule has 0 spiro atoms. The molecule has 1 aliphatic carbocycles. The standard InChI is InChI=1S/C9H10F2N2/c10-6-3-5(9(13)1-2-9)4-7(12)8(6)11/h3-4H,1-2,12-13H2. The van der Waals surface area contributed by atoms with E-state index in [0.29, 0.717) is 5.56 Å². The number of hydrogen-bond acceptors (Lipinski definition) is 2. The van der Waals surface area contributed by atoms with Crippen LogP contribution in [0.15, 0.2) is 12.1 Å². The first-order valence-electron chi connectivity index (χ1n) is 4.07. The predicted octanol–water partition coefficient (Wildman–Crippen LogP) is 1.49. The molecule has 0 aliphatic heterocycles. The van der Waals surface area contributed by atoms with Crippen LogP contribution in [0.2, 0.25) is 0 Å². The van der Waals surface area contributed by atoms with Crippen molar-refractivity contribution in [1.29, 1.82) is 0 Å². The van der Waals surface area contributed by atoms with Crippen molar-refractivity contribution in [2.24, 2.45) is 5.73 Å². The van der Waals surface area contributed by atoms with Gasteiger partial charge in [0.15, 0.2) is 11.6 Å². The summed E-state index contributed by atoms with van der Waals surface area (Å²) in [6, 6.07) is 2.53. The highest BCUT2D eigenvalue weighted by Crippen LogP contribution is 2.43. The first kappa shape index (κ1) is 8.44. The Kier molecular flexibility index (Phi) is 1.57. The quantitative estimate of drug-likeness (QED) is 0.650. The molecule has 70 valence electrons. The van der Waals surface area contributed by atoms with Gasteiger partial charge in [0, 0.05) is 5.54 Å². The summed E-state index contributed by atoms with van der Waals surface area (Å²) >= 11 is 0. The number of halogens is 2. The third kappa shape index (κ3) is 1.27. The Balaban J connectivity index is 2.50. The zero-order valence-corrected chi connectivity index (χ0v) is 6.98. The van der Waals surface area contributed by atoms with Crippen LogP contribution in [0.1, 0.15) is 18.4 Å². The zero-order chi connectivity index (χ0) is 9.64. The topological polar surface area (TPSA) is 52.0 Å². The number of anilines is 1. The van der Waals surface area contributed by atoms with Gasteiger partial charge in [-0.25, -0.2) is 8.78 Å². The largest absolute Gasteiger partial charge is 0.396 e. The molecule has 4 N–H and O–H groups in total. The van der Waals surface area contributed by atoms with Gasteiger partial charge in [-0.15, -0.1) is 0 Å². The number of nitrogens with two attached hydrogens (primary N) is 2. The van der Waals surface area contributed by atoms with E-state index in [0.717, 1.165) is 18.9 Å². The lowest BCUT2D eigenvalue weighted by Gasteiger charge is -2.10. The second kappa shape index (κ2) is 2.42. The summed E-state index contributed by atoms with van der Waals surface area (Å²) in [6.07, 6.45) is 1.61. The lowest BCUT2D eigenvalue weighted by molar-refractivity contribution is 0.508. The maximum Gasteiger partial charge on any atom is 0.181 e. The van der Waals surface area contributed by atoms with Crippen molar-refractivity contribution in [2.75, 3.05) is 5.73 Å². The van der Waals surface area contributed by atoms with Crippen LogP contribution in [0.5, 0.6) is 0 Å². The first-order valence-corrected chi connectivity index (χ1v) is 4.07. The van der Waals surface area contributed by atoms with Crippen molar-refractivity contribution in [3.8, 4) is 0 Å². The molecule has 2 rings (SSSR count). The molecular weight excluding hydrogens is 174 g/mol. The molecule has 0 atom stereocenters. The van der Waals surface area contributed by atoms with Crippen LogP contribution in [0.4, 0.5) is 14.5 Å². The molecule has 0 amide bonds. The SMILES string of the molecule is Nc1cc(C2(N)CC2)cc(F)c1F. The Morgan fingerprint density at radius 1 is 1.23 bits per heavy atom. The van der Waals surface area contributed by atoms with Gasteiger partial charge >= 0.3 is 0 Å². The van der Waals surface area contributed by atoms with Crippen LogP contribution in [-0.4, -0.2) is 0 Å². The molecule has 13 heavy (non-hydrogen) atoms. The fourth-order valence-electron chi connectivity index (χ4n) is 1.32. The van der Waals surface area contributed by atoms with Gasteiger partial charge in [-0.05, 0) is 30.5 Å². The van der Waals surface area contributed by atoms with Gasteiger partial charge < -0.3 is 11.5 Å². The van der Waals surface area contributed by atoms with Crippen LogP contribution in [0, 0.1) is 11.6 Å². The number of rotatable bonds is 1. The minimum absolute atomic E-state index is 0.174. The van der Waals surface area contributed by atoms with E-state index >= 15 is 0 Å². The minimum atomic E-state index is -0.993. The van der Waals surface area contributed by atoms with Crippen LogP contribution in [0.25, 0.3) is 0 Å². The molecular formula is C9H10F2N2. The molecule has 4 heteroatoms. The molecule has 1 aromatic carbocycles. The highest BCUT2D eigenvalue weighted by atomic mass is 19.2. The monoisotopic (exact) mass is 184 g/mol. The fraction of sp³-hybridized carbons (Fsp3) is 0.333. The summed E-state index contributed by atoms with van der Waals surface area (Å²) in [6.45, 7) is 0. The van der Waals surface area contributed by atoms with Gasteiger partial charge in [-0.2, -0.15) is 0 Å². The minimum Gasteiger partial charge on any atom is -0.396 e. The third-order valence-electron chi connectivity index (χ3n) is 2.42. The maximum atomic E-state index is 12.9. The third-order valence-corrected chi connectivity index (χ3v) is 2.42. The summed E-state index contributed by atoms with van der Waals surface area (Å²) < 4.78 is 25.7. The van der Waals surface area contributed by atoms with Crippen molar-refractivity contribution in [3.05, 3.63) is 29.3 Å². The molecule has 2 nitrogen and oxygen atoms in total. The second-order valence-corrected chi connectivity index (χ2v) is 3.52. The van der Waals surface area contributed by atoms with E-state index in [-0.39, 0.29) is 5.69 Å². The predicted molar refractivity (Wildman–Crippen MR) is 45.9 cm³/mol.